The molecule has 33 heavy (non-hydrogen) atoms. The summed E-state index contributed by atoms with van der Waals surface area (Å²) < 4.78 is 2.74. The molecule has 1 aromatic carbocycles. The molecule has 5 rings (SSSR count). The van der Waals surface area contributed by atoms with Gasteiger partial charge in [0.25, 0.3) is 0 Å². The Morgan fingerprint density at radius 2 is 1.79 bits per heavy atom. The molecule has 0 spiro atoms. The van der Waals surface area contributed by atoms with Gasteiger partial charge in [-0.25, -0.2) is 18.9 Å². The zero-order valence-electron chi connectivity index (χ0n) is 19.1. The number of nitrogens with zero attached hydrogens (tertiary/aromatic N) is 6. The van der Waals surface area contributed by atoms with Crippen molar-refractivity contribution >= 4 is 23.1 Å². The maximum absolute atomic E-state index is 12.9. The third kappa shape index (κ3) is 4.44. The van der Waals surface area contributed by atoms with Crippen LogP contribution in [0.3, 0.4) is 0 Å². The molecule has 9 nitrogen and oxygen atoms in total. The maximum atomic E-state index is 12.9. The molecule has 3 heterocycles. The maximum Gasteiger partial charge on any atom is 0.350 e. The topological polar surface area (TPSA) is 87.8 Å². The number of carbonyl (C=O) groups is 1. The van der Waals surface area contributed by atoms with Crippen LogP contribution in [0.4, 0.5) is 11.5 Å². The van der Waals surface area contributed by atoms with E-state index in [2.05, 4.69) is 56.4 Å². The van der Waals surface area contributed by atoms with Crippen molar-refractivity contribution in [1.29, 1.82) is 0 Å². The number of hydrogen-bond donors (Lipinski definition) is 1. The minimum absolute atomic E-state index is 0.0719. The van der Waals surface area contributed by atoms with Crippen molar-refractivity contribution in [2.24, 2.45) is 0 Å². The molecule has 2 aliphatic rings. The third-order valence-corrected chi connectivity index (χ3v) is 6.78. The number of para-hydroxylation sites is 1. The summed E-state index contributed by atoms with van der Waals surface area (Å²) in [6.07, 6.45) is 8.78. The fraction of sp³-hybridized carbons (Fsp3) is 0.500. The van der Waals surface area contributed by atoms with Crippen LogP contribution < -0.4 is 20.8 Å². The zero-order chi connectivity index (χ0) is 22.8. The molecule has 0 bridgehead atoms. The van der Waals surface area contributed by atoms with E-state index in [4.69, 9.17) is 0 Å². The van der Waals surface area contributed by atoms with Crippen LogP contribution in [-0.4, -0.2) is 57.3 Å². The normalized spacial score (nSPS) is 17.5. The third-order valence-electron chi connectivity index (χ3n) is 6.78. The fourth-order valence-corrected chi connectivity index (χ4v) is 5.00. The number of hydrogen-bond acceptors (Lipinski definition) is 6. The molecule has 1 aliphatic carbocycles. The Bertz CT molecular complexity index is 1190. The number of anilines is 2. The van der Waals surface area contributed by atoms with Crippen molar-refractivity contribution in [3.05, 3.63) is 52.7 Å². The van der Waals surface area contributed by atoms with Gasteiger partial charge in [-0.2, -0.15) is 0 Å². The van der Waals surface area contributed by atoms with E-state index in [0.29, 0.717) is 11.5 Å². The Labute approximate surface area is 193 Å². The Hall–Kier alpha value is -3.36. The van der Waals surface area contributed by atoms with Crippen molar-refractivity contribution < 1.29 is 4.79 Å². The molecule has 1 saturated heterocycles. The molecule has 174 valence electrons. The monoisotopic (exact) mass is 449 g/mol. The second-order valence-corrected chi connectivity index (χ2v) is 9.05. The van der Waals surface area contributed by atoms with Gasteiger partial charge in [-0.1, -0.05) is 37.5 Å². The number of fused-ring (bicyclic) bond motifs is 1. The van der Waals surface area contributed by atoms with E-state index >= 15 is 0 Å². The lowest BCUT2D eigenvalue weighted by molar-refractivity contribution is -0.122. The van der Waals surface area contributed by atoms with Gasteiger partial charge in [0.2, 0.25) is 11.6 Å². The van der Waals surface area contributed by atoms with E-state index in [1.807, 2.05) is 0 Å². The second kappa shape index (κ2) is 9.25. The summed E-state index contributed by atoms with van der Waals surface area (Å²) in [5, 5.41) is 7.56. The summed E-state index contributed by atoms with van der Waals surface area (Å²) in [7, 11) is 0. The van der Waals surface area contributed by atoms with Crippen LogP contribution >= 0.6 is 0 Å². The smallest absolute Gasteiger partial charge is 0.350 e. The van der Waals surface area contributed by atoms with Crippen molar-refractivity contribution in [1.82, 2.24) is 24.5 Å². The minimum Gasteiger partial charge on any atom is -0.368 e. The summed E-state index contributed by atoms with van der Waals surface area (Å²) >= 11 is 0. The van der Waals surface area contributed by atoms with Crippen molar-refractivity contribution in [3.63, 3.8) is 0 Å². The molecule has 1 saturated carbocycles. The first-order valence-corrected chi connectivity index (χ1v) is 11.9. The fourth-order valence-electron chi connectivity index (χ4n) is 5.00. The highest BCUT2D eigenvalue weighted by Gasteiger charge is 2.24. The molecule has 2 fully saturated rings. The summed E-state index contributed by atoms with van der Waals surface area (Å²) in [4.78, 5) is 34.5. The number of carbonyl (C=O) groups excluding carboxylic acids is 1. The first-order valence-electron chi connectivity index (χ1n) is 11.9. The Balaban J connectivity index is 1.31. The average molecular weight is 450 g/mol. The molecule has 1 N–H and O–H groups in total. The molecular weight excluding hydrogens is 418 g/mol. The van der Waals surface area contributed by atoms with E-state index < -0.39 is 0 Å². The van der Waals surface area contributed by atoms with Crippen LogP contribution in [0.15, 0.2) is 41.5 Å². The number of aryl methyl sites for hydroxylation is 1. The molecule has 0 unspecified atom stereocenters. The van der Waals surface area contributed by atoms with Gasteiger partial charge < -0.3 is 15.1 Å². The van der Waals surface area contributed by atoms with Gasteiger partial charge in [-0.05, 0) is 31.4 Å². The van der Waals surface area contributed by atoms with Crippen LogP contribution in [0, 0.1) is 6.92 Å². The molecule has 3 aromatic rings. The van der Waals surface area contributed by atoms with Crippen LogP contribution in [0.1, 0.15) is 37.7 Å². The van der Waals surface area contributed by atoms with E-state index in [9.17, 15) is 9.59 Å². The van der Waals surface area contributed by atoms with E-state index in [-0.39, 0.29) is 24.2 Å². The highest BCUT2D eigenvalue weighted by molar-refractivity contribution is 5.76. The van der Waals surface area contributed by atoms with Crippen molar-refractivity contribution in [3.8, 4) is 0 Å². The summed E-state index contributed by atoms with van der Waals surface area (Å²) in [5.74, 6) is 0.527. The van der Waals surface area contributed by atoms with Gasteiger partial charge in [-0.15, -0.1) is 5.10 Å². The molecule has 1 aliphatic heterocycles. The number of rotatable bonds is 5. The van der Waals surface area contributed by atoms with Crippen molar-refractivity contribution in [2.75, 3.05) is 36.0 Å². The predicted molar refractivity (Wildman–Crippen MR) is 128 cm³/mol. The second-order valence-electron chi connectivity index (χ2n) is 9.05. The Morgan fingerprint density at radius 3 is 2.55 bits per heavy atom. The van der Waals surface area contributed by atoms with E-state index in [1.54, 1.807) is 12.4 Å². The lowest BCUT2D eigenvalue weighted by Crippen LogP contribution is -2.47. The summed E-state index contributed by atoms with van der Waals surface area (Å²) in [5.41, 5.74) is 2.71. The number of piperazine rings is 1. The number of benzene rings is 1. The average Bonchev–Trinajstić information content (AvgIpc) is 3.15. The summed E-state index contributed by atoms with van der Waals surface area (Å²) in [6.45, 7) is 5.35. The van der Waals surface area contributed by atoms with Crippen LogP contribution in [0.25, 0.3) is 5.65 Å². The molecule has 0 atom stereocenters. The van der Waals surface area contributed by atoms with Crippen LogP contribution in [-0.2, 0) is 11.3 Å². The summed E-state index contributed by atoms with van der Waals surface area (Å²) in [6, 6.07) is 8.63. The predicted octanol–water partition coefficient (Wildman–Crippen LogP) is 1.97. The number of aromatic nitrogens is 4. The Kier molecular flexibility index (Phi) is 6.02. The highest BCUT2D eigenvalue weighted by Crippen LogP contribution is 2.23. The highest BCUT2D eigenvalue weighted by atomic mass is 16.2. The standard InChI is InChI=1S/C24H31N7O2/c1-18-7-5-6-10-20(18)28-13-15-29(16-14-28)22-23-27-31(24(33)30(23)12-11-25-22)17-21(32)26-19-8-3-2-4-9-19/h5-7,10-12,19H,2-4,8-9,13-17H2,1H3,(H,26,32). The van der Waals surface area contributed by atoms with Gasteiger partial charge >= 0.3 is 5.69 Å². The number of nitrogens with one attached hydrogen (secondary N) is 1. The van der Waals surface area contributed by atoms with Gasteiger partial charge in [0.05, 0.1) is 0 Å². The van der Waals surface area contributed by atoms with Gasteiger partial charge in [0, 0.05) is 50.3 Å². The molecule has 0 radical (unpaired) electrons. The molecular formula is C24H31N7O2. The van der Waals surface area contributed by atoms with Crippen LogP contribution in [0.5, 0.6) is 0 Å². The molecule has 9 heteroatoms. The van der Waals surface area contributed by atoms with Crippen molar-refractivity contribution in [2.45, 2.75) is 51.6 Å². The molecule has 2 aromatic heterocycles. The van der Waals surface area contributed by atoms with E-state index in [0.717, 1.165) is 51.9 Å². The van der Waals surface area contributed by atoms with Gasteiger partial charge in [0.15, 0.2) is 5.82 Å². The minimum atomic E-state index is -0.314. The largest absolute Gasteiger partial charge is 0.368 e. The quantitative estimate of drug-likeness (QED) is 0.641. The van der Waals surface area contributed by atoms with Crippen LogP contribution in [0.2, 0.25) is 0 Å². The van der Waals surface area contributed by atoms with Gasteiger partial charge in [-0.3, -0.25) is 4.79 Å². The lowest BCUT2D eigenvalue weighted by atomic mass is 9.95. The Morgan fingerprint density at radius 1 is 1.06 bits per heavy atom. The van der Waals surface area contributed by atoms with E-state index in [1.165, 1.54) is 26.8 Å². The number of amides is 1. The SMILES string of the molecule is Cc1ccccc1N1CCN(c2nccn3c(=O)n(CC(=O)NC4CCCCC4)nc23)CC1. The zero-order valence-corrected chi connectivity index (χ0v) is 19.1. The first-order chi connectivity index (χ1) is 16.1. The first kappa shape index (κ1) is 21.5. The van der Waals surface area contributed by atoms with Gasteiger partial charge in [0.1, 0.15) is 6.54 Å². The lowest BCUT2D eigenvalue weighted by Gasteiger charge is -2.37. The molecule has 1 amide bonds.